The maximum Gasteiger partial charge on any atom is 0.194 e. The second kappa shape index (κ2) is 6.53. The number of ketones is 1. The van der Waals surface area contributed by atoms with Crippen LogP contribution in [0.2, 0.25) is 0 Å². The summed E-state index contributed by atoms with van der Waals surface area (Å²) in [5, 5.41) is 0. The molecule has 0 amide bonds. The van der Waals surface area contributed by atoms with E-state index in [0.717, 1.165) is 5.75 Å². The van der Waals surface area contributed by atoms with Crippen LogP contribution in [0.3, 0.4) is 0 Å². The number of nitrogens with zero attached hydrogens (tertiary/aromatic N) is 1. The molecule has 1 rings (SSSR count). The maximum atomic E-state index is 11.8. The molecule has 4 heteroatoms. The van der Waals surface area contributed by atoms with E-state index in [9.17, 15) is 4.79 Å². The van der Waals surface area contributed by atoms with Crippen molar-refractivity contribution in [3.8, 4) is 5.75 Å². The number of Topliss-reactive ketones (excluding diaryl/α,β-unsaturated/α-hetero) is 1. The third-order valence-corrected chi connectivity index (χ3v) is 3.31. The van der Waals surface area contributed by atoms with Crippen molar-refractivity contribution in [3.05, 3.63) is 24.0 Å². The van der Waals surface area contributed by atoms with Crippen LogP contribution in [0, 0.1) is 5.92 Å². The lowest BCUT2D eigenvalue weighted by Crippen LogP contribution is -2.08. The van der Waals surface area contributed by atoms with E-state index >= 15 is 0 Å². The Hall–Kier alpha value is -1.03. The first kappa shape index (κ1) is 13.0. The van der Waals surface area contributed by atoms with Crippen LogP contribution in [0.15, 0.2) is 18.3 Å². The Kier molecular flexibility index (Phi) is 5.32. The van der Waals surface area contributed by atoms with Crippen molar-refractivity contribution < 1.29 is 9.53 Å². The van der Waals surface area contributed by atoms with Crippen LogP contribution in [0.5, 0.6) is 5.75 Å². The minimum Gasteiger partial charge on any atom is -0.494 e. The molecule has 0 bridgehead atoms. The lowest BCUT2D eigenvalue weighted by atomic mass is 10.2. The topological polar surface area (TPSA) is 39.2 Å². The zero-order chi connectivity index (χ0) is 12.0. The summed E-state index contributed by atoms with van der Waals surface area (Å²) in [5.41, 5.74) is 0.432. The summed E-state index contributed by atoms with van der Waals surface area (Å²) in [6.45, 7) is 4.28. The number of carbonyl (C=O) groups is 1. The number of thioether (sulfide) groups is 1. The van der Waals surface area contributed by atoms with E-state index in [1.165, 1.54) is 0 Å². The fourth-order valence-corrected chi connectivity index (χ4v) is 2.13. The number of carbonyl (C=O) groups excluding carboxylic acids is 1. The molecule has 16 heavy (non-hydrogen) atoms. The largest absolute Gasteiger partial charge is 0.494 e. The smallest absolute Gasteiger partial charge is 0.194 e. The first-order valence-corrected chi connectivity index (χ1v) is 6.40. The van der Waals surface area contributed by atoms with Gasteiger partial charge in [0.15, 0.2) is 5.78 Å². The first-order chi connectivity index (χ1) is 7.65. The van der Waals surface area contributed by atoms with Gasteiger partial charge in [0.2, 0.25) is 0 Å². The molecule has 0 fully saturated rings. The molecule has 0 saturated carbocycles. The third-order valence-electron chi connectivity index (χ3n) is 1.94. The van der Waals surface area contributed by atoms with Crippen molar-refractivity contribution in [1.82, 2.24) is 4.98 Å². The standard InChI is InChI=1S/C12H17NO2S/c1-9(2)7-16-8-10(14)12-11(15-3)5-4-6-13-12/h4-6,9H,7-8H2,1-3H3. The van der Waals surface area contributed by atoms with Gasteiger partial charge in [0.1, 0.15) is 11.4 Å². The highest BCUT2D eigenvalue weighted by molar-refractivity contribution is 7.99. The SMILES string of the molecule is COc1cccnc1C(=O)CSCC(C)C. The predicted molar refractivity (Wildman–Crippen MR) is 67.3 cm³/mol. The van der Waals surface area contributed by atoms with Crippen LogP contribution >= 0.6 is 11.8 Å². The average molecular weight is 239 g/mol. The molecule has 3 nitrogen and oxygen atoms in total. The number of pyridine rings is 1. The van der Waals surface area contributed by atoms with E-state index in [2.05, 4.69) is 18.8 Å². The molecular formula is C12H17NO2S. The van der Waals surface area contributed by atoms with Gasteiger partial charge in [-0.3, -0.25) is 4.79 Å². The fraction of sp³-hybridized carbons (Fsp3) is 0.500. The van der Waals surface area contributed by atoms with Gasteiger partial charge in [0, 0.05) is 6.20 Å². The Labute approximate surface area is 101 Å². The molecule has 0 atom stereocenters. The van der Waals surface area contributed by atoms with E-state index in [1.807, 2.05) is 0 Å². The Morgan fingerprint density at radius 2 is 2.31 bits per heavy atom. The average Bonchev–Trinajstić information content (AvgIpc) is 2.28. The molecule has 1 heterocycles. The summed E-state index contributed by atoms with van der Waals surface area (Å²) in [5.74, 6) is 2.64. The number of rotatable bonds is 6. The summed E-state index contributed by atoms with van der Waals surface area (Å²) in [6, 6.07) is 3.52. The van der Waals surface area contributed by atoms with Crippen LogP contribution in [0.25, 0.3) is 0 Å². The molecule has 0 saturated heterocycles. The molecule has 0 N–H and O–H groups in total. The number of ether oxygens (including phenoxy) is 1. The van der Waals surface area contributed by atoms with Gasteiger partial charge >= 0.3 is 0 Å². The lowest BCUT2D eigenvalue weighted by molar-refractivity contribution is 0.101. The fourth-order valence-electron chi connectivity index (χ4n) is 1.22. The molecule has 0 spiro atoms. The predicted octanol–water partition coefficient (Wildman–Crippen LogP) is 2.66. The van der Waals surface area contributed by atoms with E-state index in [4.69, 9.17) is 4.74 Å². The molecule has 88 valence electrons. The zero-order valence-electron chi connectivity index (χ0n) is 9.90. The number of hydrogen-bond acceptors (Lipinski definition) is 4. The molecule has 0 radical (unpaired) electrons. The van der Waals surface area contributed by atoms with Gasteiger partial charge in [-0.1, -0.05) is 13.8 Å². The number of hydrogen-bond donors (Lipinski definition) is 0. The summed E-state index contributed by atoms with van der Waals surface area (Å²) in [4.78, 5) is 15.9. The second-order valence-corrected chi connectivity index (χ2v) is 4.92. The van der Waals surface area contributed by atoms with Crippen molar-refractivity contribution in [2.75, 3.05) is 18.6 Å². The van der Waals surface area contributed by atoms with Crippen molar-refractivity contribution >= 4 is 17.5 Å². The van der Waals surface area contributed by atoms with E-state index in [0.29, 0.717) is 23.1 Å². The quantitative estimate of drug-likeness (QED) is 0.715. The van der Waals surface area contributed by atoms with E-state index in [1.54, 1.807) is 37.2 Å². The highest BCUT2D eigenvalue weighted by Gasteiger charge is 2.13. The second-order valence-electron chi connectivity index (χ2n) is 3.89. The van der Waals surface area contributed by atoms with Crippen molar-refractivity contribution in [2.24, 2.45) is 5.92 Å². The van der Waals surface area contributed by atoms with E-state index in [-0.39, 0.29) is 5.78 Å². The van der Waals surface area contributed by atoms with E-state index < -0.39 is 0 Å². The van der Waals surface area contributed by atoms with Crippen LogP contribution in [-0.2, 0) is 0 Å². The summed E-state index contributed by atoms with van der Waals surface area (Å²) in [6.07, 6.45) is 1.61. The molecule has 0 unspecified atom stereocenters. The third kappa shape index (κ3) is 3.85. The van der Waals surface area contributed by atoms with Crippen LogP contribution in [0.1, 0.15) is 24.3 Å². The van der Waals surface area contributed by atoms with Crippen molar-refractivity contribution in [3.63, 3.8) is 0 Å². The number of aromatic nitrogens is 1. The minimum absolute atomic E-state index is 0.0306. The normalized spacial score (nSPS) is 10.5. The zero-order valence-corrected chi connectivity index (χ0v) is 10.7. The van der Waals surface area contributed by atoms with Gasteiger partial charge in [0.05, 0.1) is 12.9 Å². The molecule has 0 aliphatic rings. The Bertz CT molecular complexity index is 353. The molecule has 0 aromatic carbocycles. The minimum atomic E-state index is 0.0306. The number of methoxy groups -OCH3 is 1. The van der Waals surface area contributed by atoms with Crippen LogP contribution in [-0.4, -0.2) is 29.4 Å². The molecule has 1 aromatic heterocycles. The summed E-state index contributed by atoms with van der Waals surface area (Å²) >= 11 is 1.64. The van der Waals surface area contributed by atoms with Gasteiger partial charge in [0.25, 0.3) is 0 Å². The highest BCUT2D eigenvalue weighted by Crippen LogP contribution is 2.17. The Morgan fingerprint density at radius 3 is 2.94 bits per heavy atom. The van der Waals surface area contributed by atoms with Crippen LogP contribution < -0.4 is 4.74 Å². The highest BCUT2D eigenvalue weighted by atomic mass is 32.2. The lowest BCUT2D eigenvalue weighted by Gasteiger charge is -2.06. The van der Waals surface area contributed by atoms with Crippen LogP contribution in [0.4, 0.5) is 0 Å². The van der Waals surface area contributed by atoms with Gasteiger partial charge in [-0.25, -0.2) is 4.98 Å². The van der Waals surface area contributed by atoms with Crippen molar-refractivity contribution in [2.45, 2.75) is 13.8 Å². The summed E-state index contributed by atoms with van der Waals surface area (Å²) in [7, 11) is 1.55. The van der Waals surface area contributed by atoms with Gasteiger partial charge < -0.3 is 4.74 Å². The van der Waals surface area contributed by atoms with Crippen molar-refractivity contribution in [1.29, 1.82) is 0 Å². The monoisotopic (exact) mass is 239 g/mol. The molecule has 0 aliphatic carbocycles. The van der Waals surface area contributed by atoms with Gasteiger partial charge in [-0.05, 0) is 23.8 Å². The van der Waals surface area contributed by atoms with Gasteiger partial charge in [-0.15, -0.1) is 0 Å². The summed E-state index contributed by atoms with van der Waals surface area (Å²) < 4.78 is 5.10. The molecule has 1 aromatic rings. The Morgan fingerprint density at radius 1 is 1.56 bits per heavy atom. The molecular weight excluding hydrogens is 222 g/mol. The Balaban J connectivity index is 2.59. The first-order valence-electron chi connectivity index (χ1n) is 5.25. The maximum absolute atomic E-state index is 11.8. The van der Waals surface area contributed by atoms with Gasteiger partial charge in [-0.2, -0.15) is 11.8 Å². The molecule has 0 aliphatic heterocycles.